The van der Waals surface area contributed by atoms with Crippen molar-refractivity contribution in [2.24, 2.45) is 5.92 Å². The number of carboxylic acids is 1. The summed E-state index contributed by atoms with van der Waals surface area (Å²) >= 11 is 0. The van der Waals surface area contributed by atoms with Gasteiger partial charge >= 0.3 is 5.97 Å². The molecule has 0 aliphatic carbocycles. The molecule has 0 radical (unpaired) electrons. The summed E-state index contributed by atoms with van der Waals surface area (Å²) in [5.74, 6) is -1.11. The molecule has 0 aliphatic rings. The molecule has 13 heavy (non-hydrogen) atoms. The van der Waals surface area contributed by atoms with E-state index < -0.39 is 5.97 Å². The lowest BCUT2D eigenvalue weighted by molar-refractivity contribution is -0.142. The Morgan fingerprint density at radius 2 is 2.15 bits per heavy atom. The standard InChI is InChI=1S/C10H16O3/c1-3-4-9(10(12)13)6-5-8(2)7-11/h7,9H,2-6H2,1H3,(H,12,13). The molecule has 0 aliphatic heterocycles. The fourth-order valence-electron chi connectivity index (χ4n) is 1.16. The van der Waals surface area contributed by atoms with Crippen LogP contribution in [0.1, 0.15) is 32.6 Å². The number of aldehydes is 1. The van der Waals surface area contributed by atoms with Crippen molar-refractivity contribution in [3.8, 4) is 0 Å². The van der Waals surface area contributed by atoms with Gasteiger partial charge < -0.3 is 5.11 Å². The van der Waals surface area contributed by atoms with E-state index in [0.717, 1.165) is 6.42 Å². The van der Waals surface area contributed by atoms with Crippen LogP contribution in [0.4, 0.5) is 0 Å². The Hall–Kier alpha value is -1.12. The van der Waals surface area contributed by atoms with E-state index in [4.69, 9.17) is 5.11 Å². The number of hydrogen-bond acceptors (Lipinski definition) is 2. The first-order chi connectivity index (χ1) is 6.11. The Kier molecular flexibility index (Phi) is 5.85. The first-order valence-electron chi connectivity index (χ1n) is 4.47. The monoisotopic (exact) mass is 184 g/mol. The van der Waals surface area contributed by atoms with Crippen molar-refractivity contribution in [1.29, 1.82) is 0 Å². The van der Waals surface area contributed by atoms with Crippen LogP contribution in [0.3, 0.4) is 0 Å². The number of allylic oxidation sites excluding steroid dienone is 1. The molecule has 74 valence electrons. The lowest BCUT2D eigenvalue weighted by Crippen LogP contribution is -2.13. The van der Waals surface area contributed by atoms with Gasteiger partial charge in [-0.25, -0.2) is 0 Å². The predicted octanol–water partition coefficient (Wildman–Crippen LogP) is 2.02. The molecule has 3 heteroatoms. The minimum Gasteiger partial charge on any atom is -0.481 e. The van der Waals surface area contributed by atoms with Gasteiger partial charge in [0.05, 0.1) is 5.92 Å². The smallest absolute Gasteiger partial charge is 0.306 e. The first kappa shape index (κ1) is 11.9. The molecule has 0 fully saturated rings. The van der Waals surface area contributed by atoms with Crippen LogP contribution in [-0.2, 0) is 9.59 Å². The van der Waals surface area contributed by atoms with Crippen molar-refractivity contribution in [2.45, 2.75) is 32.6 Å². The zero-order valence-electron chi connectivity index (χ0n) is 7.95. The van der Waals surface area contributed by atoms with E-state index in [1.54, 1.807) is 0 Å². The topological polar surface area (TPSA) is 54.4 Å². The van der Waals surface area contributed by atoms with Crippen LogP contribution in [0.25, 0.3) is 0 Å². The molecule has 3 nitrogen and oxygen atoms in total. The van der Waals surface area contributed by atoms with Crippen molar-refractivity contribution in [1.82, 2.24) is 0 Å². The van der Waals surface area contributed by atoms with E-state index in [0.29, 0.717) is 31.1 Å². The van der Waals surface area contributed by atoms with Crippen molar-refractivity contribution >= 4 is 12.3 Å². The Morgan fingerprint density at radius 3 is 2.54 bits per heavy atom. The van der Waals surface area contributed by atoms with Crippen LogP contribution in [0.15, 0.2) is 12.2 Å². The molecule has 0 aromatic carbocycles. The van der Waals surface area contributed by atoms with Gasteiger partial charge in [-0.05, 0) is 24.8 Å². The molecule has 0 bridgehead atoms. The summed E-state index contributed by atoms with van der Waals surface area (Å²) in [7, 11) is 0. The molecule has 1 unspecified atom stereocenters. The number of carboxylic acid groups (broad SMARTS) is 1. The summed E-state index contributed by atoms with van der Waals surface area (Å²) in [6, 6.07) is 0. The summed E-state index contributed by atoms with van der Waals surface area (Å²) in [5, 5.41) is 8.77. The van der Waals surface area contributed by atoms with E-state index >= 15 is 0 Å². The van der Waals surface area contributed by atoms with E-state index in [-0.39, 0.29) is 5.92 Å². The van der Waals surface area contributed by atoms with Crippen molar-refractivity contribution < 1.29 is 14.7 Å². The Bertz CT molecular complexity index is 196. The van der Waals surface area contributed by atoms with Crippen molar-refractivity contribution in [2.75, 3.05) is 0 Å². The highest BCUT2D eigenvalue weighted by molar-refractivity contribution is 5.73. The van der Waals surface area contributed by atoms with Gasteiger partial charge in [0.1, 0.15) is 6.29 Å². The van der Waals surface area contributed by atoms with Crippen LogP contribution in [0.5, 0.6) is 0 Å². The first-order valence-corrected chi connectivity index (χ1v) is 4.47. The van der Waals surface area contributed by atoms with Crippen LogP contribution in [-0.4, -0.2) is 17.4 Å². The fourth-order valence-corrected chi connectivity index (χ4v) is 1.16. The quantitative estimate of drug-likeness (QED) is 0.486. The molecular weight excluding hydrogens is 168 g/mol. The largest absolute Gasteiger partial charge is 0.481 e. The van der Waals surface area contributed by atoms with Gasteiger partial charge in [-0.2, -0.15) is 0 Å². The van der Waals surface area contributed by atoms with E-state index in [2.05, 4.69) is 6.58 Å². The zero-order chi connectivity index (χ0) is 10.3. The van der Waals surface area contributed by atoms with Crippen LogP contribution < -0.4 is 0 Å². The van der Waals surface area contributed by atoms with Crippen molar-refractivity contribution in [3.05, 3.63) is 12.2 Å². The highest BCUT2D eigenvalue weighted by atomic mass is 16.4. The number of carbonyl (C=O) groups excluding carboxylic acids is 1. The van der Waals surface area contributed by atoms with Gasteiger partial charge in [0.2, 0.25) is 0 Å². The molecule has 0 aromatic rings. The molecule has 0 saturated heterocycles. The van der Waals surface area contributed by atoms with Crippen LogP contribution >= 0.6 is 0 Å². The highest BCUT2D eigenvalue weighted by Gasteiger charge is 2.15. The number of hydrogen-bond donors (Lipinski definition) is 1. The zero-order valence-corrected chi connectivity index (χ0v) is 7.95. The number of rotatable bonds is 7. The van der Waals surface area contributed by atoms with Crippen LogP contribution in [0.2, 0.25) is 0 Å². The molecule has 1 N–H and O–H groups in total. The molecule has 0 rings (SSSR count). The number of carbonyl (C=O) groups is 2. The lowest BCUT2D eigenvalue weighted by atomic mass is 9.96. The summed E-state index contributed by atoms with van der Waals surface area (Å²) in [6.07, 6.45) is 3.21. The van der Waals surface area contributed by atoms with E-state index in [1.165, 1.54) is 0 Å². The summed E-state index contributed by atoms with van der Waals surface area (Å²) in [4.78, 5) is 20.9. The highest BCUT2D eigenvalue weighted by Crippen LogP contribution is 2.15. The SMILES string of the molecule is C=C(C=O)CCC(CCC)C(=O)O. The normalized spacial score (nSPS) is 12.1. The maximum atomic E-state index is 10.7. The van der Waals surface area contributed by atoms with Crippen molar-refractivity contribution in [3.63, 3.8) is 0 Å². The second kappa shape index (κ2) is 6.40. The van der Waals surface area contributed by atoms with E-state index in [1.807, 2.05) is 6.92 Å². The van der Waals surface area contributed by atoms with Gasteiger partial charge in [0, 0.05) is 0 Å². The molecule has 1 atom stereocenters. The summed E-state index contributed by atoms with van der Waals surface area (Å²) < 4.78 is 0. The summed E-state index contributed by atoms with van der Waals surface area (Å²) in [5.41, 5.74) is 0.474. The third-order valence-corrected chi connectivity index (χ3v) is 1.97. The average molecular weight is 184 g/mol. The second-order valence-electron chi connectivity index (χ2n) is 3.14. The van der Waals surface area contributed by atoms with Gasteiger partial charge in [0.15, 0.2) is 0 Å². The molecule has 0 spiro atoms. The third kappa shape index (κ3) is 5.17. The Balaban J connectivity index is 3.88. The third-order valence-electron chi connectivity index (χ3n) is 1.97. The van der Waals surface area contributed by atoms with Gasteiger partial charge in [0.25, 0.3) is 0 Å². The summed E-state index contributed by atoms with van der Waals surface area (Å²) in [6.45, 7) is 5.45. The van der Waals surface area contributed by atoms with Crippen LogP contribution in [0, 0.1) is 5.92 Å². The molecule has 0 saturated carbocycles. The molecule has 0 aromatic heterocycles. The average Bonchev–Trinajstić information content (AvgIpc) is 2.11. The second-order valence-corrected chi connectivity index (χ2v) is 3.14. The predicted molar refractivity (Wildman–Crippen MR) is 50.5 cm³/mol. The van der Waals surface area contributed by atoms with Gasteiger partial charge in [-0.1, -0.05) is 19.9 Å². The molecular formula is C10H16O3. The number of aliphatic carboxylic acids is 1. The Morgan fingerprint density at radius 1 is 1.54 bits per heavy atom. The lowest BCUT2D eigenvalue weighted by Gasteiger charge is -2.09. The maximum absolute atomic E-state index is 10.7. The molecule has 0 amide bonds. The fraction of sp³-hybridized carbons (Fsp3) is 0.600. The van der Waals surface area contributed by atoms with Gasteiger partial charge in [-0.15, -0.1) is 0 Å². The Labute approximate surface area is 78.5 Å². The molecule has 0 heterocycles. The minimum atomic E-state index is -0.777. The van der Waals surface area contributed by atoms with E-state index in [9.17, 15) is 9.59 Å². The van der Waals surface area contributed by atoms with Gasteiger partial charge in [-0.3, -0.25) is 9.59 Å². The minimum absolute atomic E-state index is 0.332. The maximum Gasteiger partial charge on any atom is 0.306 e.